The Morgan fingerprint density at radius 2 is 0.762 bits per heavy atom. The smallest absolute Gasteiger partial charge is 0.143 e. The molecule has 0 spiro atoms. The number of aromatic nitrogens is 1. The van der Waals surface area contributed by atoms with E-state index in [1.54, 1.807) is 0 Å². The van der Waals surface area contributed by atoms with Gasteiger partial charge in [0.2, 0.25) is 0 Å². The number of hydrogen-bond acceptors (Lipinski definition) is 2. The summed E-state index contributed by atoms with van der Waals surface area (Å²) in [5.74, 6) is 0. The molecule has 11 aromatic carbocycles. The highest BCUT2D eigenvalue weighted by Crippen LogP contribution is 2.44. The lowest BCUT2D eigenvalue weighted by Gasteiger charge is -2.27. The minimum atomic E-state index is 0.895. The van der Waals surface area contributed by atoms with Crippen molar-refractivity contribution in [1.82, 2.24) is 4.57 Å². The number of para-hydroxylation sites is 5. The van der Waals surface area contributed by atoms with Crippen LogP contribution in [0.1, 0.15) is 0 Å². The average molecular weight is 803 g/mol. The number of furan rings is 1. The van der Waals surface area contributed by atoms with Gasteiger partial charge in [0.05, 0.1) is 16.7 Å². The Kier molecular flexibility index (Phi) is 7.91. The van der Waals surface area contributed by atoms with E-state index in [0.29, 0.717) is 0 Å². The number of rotatable bonds is 6. The molecule has 0 aliphatic carbocycles. The predicted molar refractivity (Wildman–Crippen MR) is 266 cm³/mol. The van der Waals surface area contributed by atoms with Crippen molar-refractivity contribution in [3.05, 3.63) is 231 Å². The van der Waals surface area contributed by atoms with Crippen LogP contribution >= 0.6 is 0 Å². The van der Waals surface area contributed by atoms with E-state index >= 15 is 0 Å². The number of anilines is 3. The first-order valence-corrected chi connectivity index (χ1v) is 21.6. The van der Waals surface area contributed by atoms with E-state index in [2.05, 4.69) is 234 Å². The molecule has 0 saturated heterocycles. The molecule has 13 aromatic rings. The maximum absolute atomic E-state index is 6.58. The molecular formula is C60H38N2O. The molecule has 2 heterocycles. The minimum Gasteiger partial charge on any atom is -0.455 e. The van der Waals surface area contributed by atoms with E-state index in [1.165, 1.54) is 54.1 Å². The van der Waals surface area contributed by atoms with Crippen molar-refractivity contribution in [1.29, 1.82) is 0 Å². The highest BCUT2D eigenvalue weighted by atomic mass is 16.3. The summed E-state index contributed by atoms with van der Waals surface area (Å²) < 4.78 is 9.00. The molecule has 0 aliphatic rings. The lowest BCUT2D eigenvalue weighted by atomic mass is 9.94. The fraction of sp³-hybridized carbons (Fsp3) is 0. The summed E-state index contributed by atoms with van der Waals surface area (Å²) in [6, 6.07) is 83.6. The number of benzene rings is 11. The Morgan fingerprint density at radius 1 is 0.302 bits per heavy atom. The standard InChI is InChI=1S/C60H38N2O/c1-2-23-48-46(21-1)47-22-3-4-24-49(47)55-38-43(34-35-50(48)55)61(42-19-14-17-40(37-42)45-28-15-29-54-53-27-8-12-33-59(53)63-60(45)54)41-18-13-16-39(36-41)44-20-5-9-30-56(44)62-57-31-10-6-25-51(57)52-26-7-11-32-58(52)62/h1-38H. The van der Waals surface area contributed by atoms with E-state index in [-0.39, 0.29) is 0 Å². The Bertz CT molecular complexity index is 3860. The molecule has 0 N–H and O–H groups in total. The second kappa shape index (κ2) is 14.1. The van der Waals surface area contributed by atoms with Crippen LogP contribution in [0.3, 0.4) is 0 Å². The Labute approximate surface area is 363 Å². The van der Waals surface area contributed by atoms with Crippen LogP contribution in [-0.2, 0) is 0 Å². The first kappa shape index (κ1) is 35.4. The summed E-state index contributed by atoms with van der Waals surface area (Å²) in [6.07, 6.45) is 0. The summed E-state index contributed by atoms with van der Waals surface area (Å²) in [5, 5.41) is 12.2. The highest BCUT2D eigenvalue weighted by Gasteiger charge is 2.20. The van der Waals surface area contributed by atoms with Crippen LogP contribution in [0.4, 0.5) is 17.1 Å². The zero-order valence-corrected chi connectivity index (χ0v) is 34.2. The van der Waals surface area contributed by atoms with E-state index in [1.807, 2.05) is 6.07 Å². The van der Waals surface area contributed by atoms with Gasteiger partial charge < -0.3 is 13.9 Å². The van der Waals surface area contributed by atoms with Gasteiger partial charge in [0.1, 0.15) is 11.2 Å². The molecule has 0 amide bonds. The van der Waals surface area contributed by atoms with Crippen LogP contribution in [0.25, 0.3) is 104 Å². The fourth-order valence-corrected chi connectivity index (χ4v) is 10.2. The SMILES string of the molecule is c1cc(-c2ccccc2-n2c3ccccc3c3ccccc32)cc(N(c2cccc(-c3cccc4c3oc3ccccc34)c2)c2ccc3c4ccccc4c4ccccc4c3c2)c1. The lowest BCUT2D eigenvalue weighted by Crippen LogP contribution is -2.10. The van der Waals surface area contributed by atoms with Crippen LogP contribution in [0.5, 0.6) is 0 Å². The molecule has 13 rings (SSSR count). The van der Waals surface area contributed by atoms with Gasteiger partial charge in [-0.25, -0.2) is 0 Å². The van der Waals surface area contributed by atoms with E-state index in [9.17, 15) is 0 Å². The molecule has 63 heavy (non-hydrogen) atoms. The quantitative estimate of drug-likeness (QED) is 0.156. The molecule has 0 unspecified atom stereocenters. The first-order chi connectivity index (χ1) is 31.3. The van der Waals surface area contributed by atoms with Crippen molar-refractivity contribution in [2.75, 3.05) is 4.90 Å². The molecular weight excluding hydrogens is 765 g/mol. The molecule has 2 aromatic heterocycles. The van der Waals surface area contributed by atoms with Gasteiger partial charge in [-0.1, -0.05) is 170 Å². The second-order valence-electron chi connectivity index (χ2n) is 16.4. The van der Waals surface area contributed by atoms with Gasteiger partial charge in [-0.3, -0.25) is 0 Å². The largest absolute Gasteiger partial charge is 0.455 e. The van der Waals surface area contributed by atoms with Gasteiger partial charge >= 0.3 is 0 Å². The second-order valence-corrected chi connectivity index (χ2v) is 16.4. The molecule has 0 aliphatic heterocycles. The Hall–Kier alpha value is -8.40. The molecule has 3 nitrogen and oxygen atoms in total. The zero-order valence-electron chi connectivity index (χ0n) is 34.2. The zero-order chi connectivity index (χ0) is 41.4. The first-order valence-electron chi connectivity index (χ1n) is 21.6. The molecule has 3 heteroatoms. The summed E-state index contributed by atoms with van der Waals surface area (Å²) in [5.41, 5.74) is 13.0. The van der Waals surface area contributed by atoms with E-state index in [4.69, 9.17) is 4.42 Å². The maximum atomic E-state index is 6.58. The number of hydrogen-bond donors (Lipinski definition) is 0. The van der Waals surface area contributed by atoms with Crippen molar-refractivity contribution in [2.45, 2.75) is 0 Å². The van der Waals surface area contributed by atoms with Crippen molar-refractivity contribution in [3.8, 4) is 27.9 Å². The predicted octanol–water partition coefficient (Wildman–Crippen LogP) is 16.9. The third-order valence-electron chi connectivity index (χ3n) is 12.9. The monoisotopic (exact) mass is 802 g/mol. The van der Waals surface area contributed by atoms with Gasteiger partial charge in [0.25, 0.3) is 0 Å². The van der Waals surface area contributed by atoms with Gasteiger partial charge in [-0.05, 0) is 104 Å². The number of nitrogens with zero attached hydrogens (tertiary/aromatic N) is 2. The van der Waals surface area contributed by atoms with Crippen LogP contribution in [0.2, 0.25) is 0 Å². The molecule has 0 saturated carbocycles. The lowest BCUT2D eigenvalue weighted by molar-refractivity contribution is 0.670. The van der Waals surface area contributed by atoms with E-state index in [0.717, 1.165) is 66.9 Å². The molecule has 0 bridgehead atoms. The van der Waals surface area contributed by atoms with Gasteiger partial charge in [-0.15, -0.1) is 0 Å². The van der Waals surface area contributed by atoms with Gasteiger partial charge in [-0.2, -0.15) is 0 Å². The molecule has 0 radical (unpaired) electrons. The molecule has 0 fully saturated rings. The third-order valence-corrected chi connectivity index (χ3v) is 12.9. The summed E-state index contributed by atoms with van der Waals surface area (Å²) in [7, 11) is 0. The van der Waals surface area contributed by atoms with Crippen LogP contribution in [-0.4, -0.2) is 4.57 Å². The van der Waals surface area contributed by atoms with Crippen molar-refractivity contribution >= 4 is 93.1 Å². The van der Waals surface area contributed by atoms with Crippen molar-refractivity contribution in [2.24, 2.45) is 0 Å². The summed E-state index contributed by atoms with van der Waals surface area (Å²) >= 11 is 0. The Balaban J connectivity index is 1.04. The van der Waals surface area contributed by atoms with Crippen LogP contribution in [0, 0.1) is 0 Å². The topological polar surface area (TPSA) is 21.3 Å². The molecule has 294 valence electrons. The minimum absolute atomic E-state index is 0.895. The van der Waals surface area contributed by atoms with Crippen LogP contribution in [0.15, 0.2) is 235 Å². The summed E-state index contributed by atoms with van der Waals surface area (Å²) in [6.45, 7) is 0. The fourth-order valence-electron chi connectivity index (χ4n) is 10.2. The van der Waals surface area contributed by atoms with Crippen molar-refractivity contribution in [3.63, 3.8) is 0 Å². The Morgan fingerprint density at radius 3 is 1.43 bits per heavy atom. The molecule has 0 atom stereocenters. The summed E-state index contributed by atoms with van der Waals surface area (Å²) in [4.78, 5) is 2.41. The normalized spacial score (nSPS) is 11.8. The van der Waals surface area contributed by atoms with Crippen LogP contribution < -0.4 is 4.90 Å². The highest BCUT2D eigenvalue weighted by molar-refractivity contribution is 6.26. The van der Waals surface area contributed by atoms with Gasteiger partial charge in [0.15, 0.2) is 0 Å². The number of fused-ring (bicyclic) bond motifs is 12. The third kappa shape index (κ3) is 5.53. The van der Waals surface area contributed by atoms with Gasteiger partial charge in [0, 0.05) is 49.7 Å². The average Bonchev–Trinajstić information content (AvgIpc) is 3.90. The van der Waals surface area contributed by atoms with E-state index < -0.39 is 0 Å². The maximum Gasteiger partial charge on any atom is 0.143 e. The van der Waals surface area contributed by atoms with Crippen molar-refractivity contribution < 1.29 is 4.42 Å².